The molecule has 0 aliphatic rings. The first-order chi connectivity index (χ1) is 14.7. The maximum absolute atomic E-state index is 13.1. The molecule has 172 valence electrons. The highest BCUT2D eigenvalue weighted by Gasteiger charge is 2.32. The monoisotopic (exact) mass is 544 g/mol. The summed E-state index contributed by atoms with van der Waals surface area (Å²) in [6.45, 7) is 1.31. The third kappa shape index (κ3) is 5.49. The molecule has 3 rings (SSSR count). The van der Waals surface area contributed by atoms with Gasteiger partial charge in [0.1, 0.15) is 4.21 Å². The lowest BCUT2D eigenvalue weighted by molar-refractivity contribution is -0.137. The highest BCUT2D eigenvalue weighted by atomic mass is 35.5. The van der Waals surface area contributed by atoms with Gasteiger partial charge in [-0.3, -0.25) is 9.44 Å². The first-order valence-corrected chi connectivity index (χ1v) is 13.1. The number of nitrogens with one attached hydrogen (secondary N) is 2. The molecule has 0 radical (unpaired) electrons. The third-order valence-corrected chi connectivity index (χ3v) is 8.83. The maximum Gasteiger partial charge on any atom is 0.416 e. The lowest BCUT2D eigenvalue weighted by Gasteiger charge is -2.16. The Morgan fingerprint density at radius 3 is 1.94 bits per heavy atom. The molecule has 14 heteroatoms. The summed E-state index contributed by atoms with van der Waals surface area (Å²) >= 11 is 12.8. The summed E-state index contributed by atoms with van der Waals surface area (Å²) in [5.74, 6) is 0. The van der Waals surface area contributed by atoms with Crippen molar-refractivity contribution in [2.24, 2.45) is 0 Å². The van der Waals surface area contributed by atoms with E-state index in [0.29, 0.717) is 6.07 Å². The minimum Gasteiger partial charge on any atom is -0.277 e. The Morgan fingerprint density at radius 1 is 0.875 bits per heavy atom. The highest BCUT2D eigenvalue weighted by molar-refractivity contribution is 7.94. The van der Waals surface area contributed by atoms with Crippen LogP contribution in [0.25, 0.3) is 0 Å². The maximum atomic E-state index is 13.1. The van der Waals surface area contributed by atoms with Gasteiger partial charge in [0.25, 0.3) is 20.0 Å². The van der Waals surface area contributed by atoms with Crippen LogP contribution in [-0.4, -0.2) is 16.8 Å². The van der Waals surface area contributed by atoms with Crippen molar-refractivity contribution in [3.8, 4) is 0 Å². The van der Waals surface area contributed by atoms with Crippen LogP contribution in [0.4, 0.5) is 24.5 Å². The molecule has 0 saturated carbocycles. The number of rotatable bonds is 6. The number of aryl methyl sites for hydroxylation is 1. The predicted molar refractivity (Wildman–Crippen MR) is 119 cm³/mol. The molecular weight excluding hydrogens is 532 g/mol. The van der Waals surface area contributed by atoms with Gasteiger partial charge in [-0.2, -0.15) is 13.2 Å². The number of alkyl halides is 3. The largest absolute Gasteiger partial charge is 0.416 e. The van der Waals surface area contributed by atoms with Gasteiger partial charge in [0.2, 0.25) is 0 Å². The Labute approximate surface area is 196 Å². The quantitative estimate of drug-likeness (QED) is 0.399. The number of sulfonamides is 2. The predicted octanol–water partition coefficient (Wildman–Crippen LogP) is 5.98. The van der Waals surface area contributed by atoms with Crippen molar-refractivity contribution in [3.63, 3.8) is 0 Å². The summed E-state index contributed by atoms with van der Waals surface area (Å²) < 4.78 is 94.4. The minimum atomic E-state index is -4.76. The lowest BCUT2D eigenvalue weighted by Crippen LogP contribution is -2.18. The molecule has 3 aromatic rings. The zero-order valence-corrected chi connectivity index (χ0v) is 19.8. The molecule has 32 heavy (non-hydrogen) atoms. The second-order valence-electron chi connectivity index (χ2n) is 6.49. The van der Waals surface area contributed by atoms with Crippen LogP contribution in [-0.2, 0) is 26.2 Å². The van der Waals surface area contributed by atoms with Gasteiger partial charge in [-0.1, -0.05) is 29.3 Å². The van der Waals surface area contributed by atoms with Gasteiger partial charge in [0.15, 0.2) is 0 Å². The molecule has 0 aliphatic carbocycles. The standard InChI is InChI=1S/C18H13Cl2F3N2O4S3/c1-10-5-11(18(21,22)23)7-12(6-10)31(26,27)24-15-8-13(19)14(20)9-16(15)25-32(28,29)17-3-2-4-30-17/h2-9,24-25H,1H3. The molecule has 0 amide bonds. The van der Waals surface area contributed by atoms with E-state index >= 15 is 0 Å². The van der Waals surface area contributed by atoms with Gasteiger partial charge in [0, 0.05) is 0 Å². The van der Waals surface area contributed by atoms with E-state index in [1.165, 1.54) is 24.4 Å². The van der Waals surface area contributed by atoms with Crippen molar-refractivity contribution in [1.29, 1.82) is 0 Å². The molecule has 0 spiro atoms. The molecule has 0 fully saturated rings. The summed E-state index contributed by atoms with van der Waals surface area (Å²) in [4.78, 5) is -0.664. The average Bonchev–Trinajstić information content (AvgIpc) is 3.20. The highest BCUT2D eigenvalue weighted by Crippen LogP contribution is 2.36. The van der Waals surface area contributed by atoms with Crippen molar-refractivity contribution < 1.29 is 30.0 Å². The molecule has 2 N–H and O–H groups in total. The van der Waals surface area contributed by atoms with Crippen LogP contribution in [0.15, 0.2) is 56.9 Å². The fourth-order valence-corrected chi connectivity index (χ4v) is 6.19. The number of thiophene rings is 1. The van der Waals surface area contributed by atoms with E-state index in [1.807, 2.05) is 0 Å². The van der Waals surface area contributed by atoms with E-state index in [2.05, 4.69) is 9.44 Å². The molecule has 2 aromatic carbocycles. The van der Waals surface area contributed by atoms with Crippen LogP contribution < -0.4 is 9.44 Å². The van der Waals surface area contributed by atoms with Gasteiger partial charge in [-0.15, -0.1) is 11.3 Å². The molecule has 0 unspecified atom stereocenters. The number of halogens is 5. The molecule has 1 aromatic heterocycles. The Morgan fingerprint density at radius 2 is 1.44 bits per heavy atom. The van der Waals surface area contributed by atoms with Crippen LogP contribution >= 0.6 is 34.5 Å². The zero-order valence-electron chi connectivity index (χ0n) is 15.9. The first-order valence-electron chi connectivity index (χ1n) is 8.46. The van der Waals surface area contributed by atoms with E-state index in [0.717, 1.165) is 35.6 Å². The Hall–Kier alpha value is -1.99. The zero-order chi connectivity index (χ0) is 23.9. The van der Waals surface area contributed by atoms with Crippen LogP contribution in [0, 0.1) is 6.92 Å². The van der Waals surface area contributed by atoms with Crippen LogP contribution in [0.2, 0.25) is 10.0 Å². The molecular formula is C18H13Cl2F3N2O4S3. The van der Waals surface area contributed by atoms with Gasteiger partial charge in [0.05, 0.1) is 31.9 Å². The Bertz CT molecular complexity index is 1380. The second-order valence-corrected chi connectivity index (χ2v) is 11.8. The summed E-state index contributed by atoms with van der Waals surface area (Å²) in [7, 11) is -8.66. The Balaban J connectivity index is 2.05. The van der Waals surface area contributed by atoms with Gasteiger partial charge >= 0.3 is 6.18 Å². The number of hydrogen-bond acceptors (Lipinski definition) is 5. The lowest BCUT2D eigenvalue weighted by atomic mass is 10.1. The summed E-state index contributed by atoms with van der Waals surface area (Å²) in [6.07, 6.45) is -4.76. The smallest absolute Gasteiger partial charge is 0.277 e. The van der Waals surface area contributed by atoms with E-state index in [9.17, 15) is 30.0 Å². The average molecular weight is 545 g/mol. The van der Waals surface area contributed by atoms with Crippen molar-refractivity contribution in [3.05, 3.63) is 69.0 Å². The minimum absolute atomic E-state index is 0.0501. The summed E-state index contributed by atoms with van der Waals surface area (Å²) in [6, 6.07) is 7.30. The molecule has 0 bridgehead atoms. The second kappa shape index (κ2) is 8.75. The normalized spacial score (nSPS) is 12.6. The molecule has 0 saturated heterocycles. The van der Waals surface area contributed by atoms with Gasteiger partial charge < -0.3 is 0 Å². The van der Waals surface area contributed by atoms with Crippen molar-refractivity contribution in [2.75, 3.05) is 9.44 Å². The van der Waals surface area contributed by atoms with Crippen LogP contribution in [0.5, 0.6) is 0 Å². The number of anilines is 2. The van der Waals surface area contributed by atoms with Crippen molar-refractivity contribution in [1.82, 2.24) is 0 Å². The van der Waals surface area contributed by atoms with E-state index in [-0.39, 0.29) is 31.2 Å². The topological polar surface area (TPSA) is 92.3 Å². The van der Waals surface area contributed by atoms with E-state index < -0.39 is 36.7 Å². The van der Waals surface area contributed by atoms with Gasteiger partial charge in [-0.25, -0.2) is 16.8 Å². The third-order valence-electron chi connectivity index (χ3n) is 4.00. The van der Waals surface area contributed by atoms with Crippen molar-refractivity contribution in [2.45, 2.75) is 22.2 Å². The molecule has 1 heterocycles. The fourth-order valence-electron chi connectivity index (χ4n) is 2.60. The summed E-state index contributed by atoms with van der Waals surface area (Å²) in [5, 5.41) is 1.35. The van der Waals surface area contributed by atoms with Gasteiger partial charge in [-0.05, 0) is 54.3 Å². The Kier molecular flexibility index (Phi) is 6.74. The number of hydrogen-bond donors (Lipinski definition) is 2. The van der Waals surface area contributed by atoms with E-state index in [1.54, 1.807) is 0 Å². The number of benzene rings is 2. The molecule has 0 atom stereocenters. The van der Waals surface area contributed by atoms with Crippen molar-refractivity contribution >= 4 is 66.0 Å². The van der Waals surface area contributed by atoms with Crippen LogP contribution in [0.1, 0.15) is 11.1 Å². The molecule has 0 aliphatic heterocycles. The first kappa shape index (κ1) is 24.6. The van der Waals surface area contributed by atoms with E-state index in [4.69, 9.17) is 23.2 Å². The molecule has 6 nitrogen and oxygen atoms in total. The van der Waals surface area contributed by atoms with Crippen LogP contribution in [0.3, 0.4) is 0 Å². The summed E-state index contributed by atoms with van der Waals surface area (Å²) in [5.41, 5.74) is -1.67. The SMILES string of the molecule is Cc1cc(C(F)(F)F)cc(S(=O)(=O)Nc2cc(Cl)c(Cl)cc2NS(=O)(=O)c2cccs2)c1. The fraction of sp³-hybridized carbons (Fsp3) is 0.111.